The number of carbonyl (C=O) groups is 1. The van der Waals surface area contributed by atoms with Crippen LogP contribution in [0, 0.1) is 0 Å². The van der Waals surface area contributed by atoms with Gasteiger partial charge in [0.25, 0.3) is 0 Å². The number of aliphatic hydroxyl groups is 2. The smallest absolute Gasteiger partial charge is 0.315 e. The lowest BCUT2D eigenvalue weighted by molar-refractivity contribution is -0.0431. The number of anilines is 1. The number of aromatic nitrogens is 2. The minimum absolute atomic E-state index is 0.145. The second-order valence-corrected chi connectivity index (χ2v) is 9.84. The Hall–Kier alpha value is -2.74. The molecule has 1 saturated carbocycles. The Morgan fingerprint density at radius 2 is 2.11 bits per heavy atom. The molecular formula is C24H36N8O4. The zero-order valence-electron chi connectivity index (χ0n) is 20.4. The van der Waals surface area contributed by atoms with Crippen molar-refractivity contribution in [3.63, 3.8) is 0 Å². The van der Waals surface area contributed by atoms with E-state index in [1.165, 1.54) is 5.56 Å². The van der Waals surface area contributed by atoms with E-state index in [4.69, 9.17) is 10.5 Å². The number of rotatable bonds is 9. The zero-order valence-corrected chi connectivity index (χ0v) is 20.4. The molecule has 8 N–H and O–H groups in total. The summed E-state index contributed by atoms with van der Waals surface area (Å²) in [6, 6.07) is 10.3. The van der Waals surface area contributed by atoms with Crippen LogP contribution in [0.25, 0.3) is 0 Å². The van der Waals surface area contributed by atoms with Gasteiger partial charge in [-0.05, 0) is 32.0 Å². The molecular weight excluding hydrogens is 464 g/mol. The number of likely N-dealkylation sites (N-methyl/N-ethyl adjacent to an activating group) is 1. The van der Waals surface area contributed by atoms with Gasteiger partial charge in [0.15, 0.2) is 6.23 Å². The molecule has 5 rings (SSSR count). The highest BCUT2D eigenvalue weighted by atomic mass is 16.6. The molecule has 1 aromatic heterocycles. The molecule has 2 aromatic rings. The topological polar surface area (TPSA) is 162 Å². The van der Waals surface area contributed by atoms with Crippen molar-refractivity contribution in [3.8, 4) is 0 Å². The lowest BCUT2D eigenvalue weighted by atomic mass is 10.1. The average molecular weight is 501 g/mol. The van der Waals surface area contributed by atoms with Gasteiger partial charge in [0.05, 0.1) is 13.0 Å². The van der Waals surface area contributed by atoms with Gasteiger partial charge in [-0.25, -0.2) is 9.78 Å². The number of ether oxygens (including phenoxy) is 1. The minimum atomic E-state index is -1.10. The van der Waals surface area contributed by atoms with Crippen LogP contribution < -0.4 is 27.0 Å². The normalized spacial score (nSPS) is 31.1. The van der Waals surface area contributed by atoms with Gasteiger partial charge in [-0.2, -0.15) is 0 Å². The van der Waals surface area contributed by atoms with Gasteiger partial charge in [-0.1, -0.05) is 30.3 Å². The van der Waals surface area contributed by atoms with Gasteiger partial charge in [-0.3, -0.25) is 9.88 Å². The molecule has 1 aromatic carbocycles. The first-order chi connectivity index (χ1) is 17.4. The van der Waals surface area contributed by atoms with E-state index in [0.717, 1.165) is 12.8 Å². The summed E-state index contributed by atoms with van der Waals surface area (Å²) < 4.78 is 7.73. The molecule has 1 aliphatic carbocycles. The van der Waals surface area contributed by atoms with Crippen molar-refractivity contribution in [3.05, 3.63) is 47.9 Å². The third-order valence-electron chi connectivity index (χ3n) is 7.13. The van der Waals surface area contributed by atoms with Gasteiger partial charge >= 0.3 is 6.03 Å². The number of carbonyl (C=O) groups excluding carboxylic acids is 1. The predicted molar refractivity (Wildman–Crippen MR) is 133 cm³/mol. The highest BCUT2D eigenvalue weighted by Crippen LogP contribution is 2.40. The zero-order chi connectivity index (χ0) is 25.2. The number of nitrogens with zero attached hydrogens (tertiary/aromatic N) is 3. The average Bonchev–Trinajstić information content (AvgIpc) is 3.41. The number of nitrogens with two attached hydrogens (primary N) is 1. The molecule has 36 heavy (non-hydrogen) atoms. The Kier molecular flexibility index (Phi) is 7.42. The van der Waals surface area contributed by atoms with Crippen LogP contribution in [0.15, 0.2) is 36.7 Å². The minimum Gasteiger partial charge on any atom is -0.387 e. The Balaban J connectivity index is 1.03. The summed E-state index contributed by atoms with van der Waals surface area (Å²) in [6.07, 6.45) is -0.582. The maximum Gasteiger partial charge on any atom is 0.315 e. The number of urea groups is 1. The molecule has 3 heterocycles. The number of hydrogen-bond acceptors (Lipinski definition) is 9. The number of fused-ring (bicyclic) bond motifs is 1. The van der Waals surface area contributed by atoms with E-state index < -0.39 is 30.7 Å². The second kappa shape index (κ2) is 10.7. The lowest BCUT2D eigenvalue weighted by Crippen LogP contribution is -2.40. The van der Waals surface area contributed by atoms with E-state index >= 15 is 0 Å². The van der Waals surface area contributed by atoms with Gasteiger partial charge in [0.1, 0.15) is 36.0 Å². The summed E-state index contributed by atoms with van der Waals surface area (Å²) in [5.74, 6) is 1.08. The molecule has 2 fully saturated rings. The van der Waals surface area contributed by atoms with E-state index in [0.29, 0.717) is 43.7 Å². The summed E-state index contributed by atoms with van der Waals surface area (Å²) in [5.41, 5.74) is 7.93. The maximum atomic E-state index is 12.2. The first-order valence-corrected chi connectivity index (χ1v) is 12.5. The maximum absolute atomic E-state index is 12.2. The van der Waals surface area contributed by atoms with Crippen molar-refractivity contribution in [2.75, 3.05) is 38.7 Å². The first kappa shape index (κ1) is 24.9. The van der Waals surface area contributed by atoms with Crippen molar-refractivity contribution in [2.45, 2.75) is 55.5 Å². The number of benzene rings is 1. The number of aliphatic hydroxyl groups excluding tert-OH is 2. The number of imidazole rings is 1. The Labute approximate surface area is 210 Å². The molecule has 3 aliphatic rings. The number of hydrogen-bond donors (Lipinski definition) is 7. The van der Waals surface area contributed by atoms with E-state index in [2.05, 4.69) is 38.4 Å². The van der Waals surface area contributed by atoms with Gasteiger partial charge in [0, 0.05) is 25.0 Å². The van der Waals surface area contributed by atoms with Crippen LogP contribution in [0.3, 0.4) is 0 Å². The quantitative estimate of drug-likeness (QED) is 0.227. The molecule has 12 nitrogen and oxygen atoms in total. The van der Waals surface area contributed by atoms with Crippen molar-refractivity contribution < 1.29 is 19.7 Å². The molecule has 0 spiro atoms. The molecule has 1 saturated heterocycles. The molecule has 2 amide bonds. The summed E-state index contributed by atoms with van der Waals surface area (Å²) in [7, 11) is 1.93. The highest BCUT2D eigenvalue weighted by Gasteiger charge is 2.45. The van der Waals surface area contributed by atoms with Crippen LogP contribution >= 0.6 is 0 Å². The second-order valence-electron chi connectivity index (χ2n) is 9.84. The van der Waals surface area contributed by atoms with E-state index in [-0.39, 0.29) is 12.1 Å². The van der Waals surface area contributed by atoms with Crippen LogP contribution in [0.2, 0.25) is 0 Å². The van der Waals surface area contributed by atoms with Gasteiger partial charge in [0.2, 0.25) is 0 Å². The summed E-state index contributed by atoms with van der Waals surface area (Å²) >= 11 is 0. The van der Waals surface area contributed by atoms with Crippen molar-refractivity contribution in [1.29, 1.82) is 0 Å². The fourth-order valence-corrected chi connectivity index (χ4v) is 5.02. The fourth-order valence-electron chi connectivity index (χ4n) is 5.02. The molecule has 0 radical (unpaired) electrons. The van der Waals surface area contributed by atoms with Gasteiger partial charge in [-0.15, -0.1) is 0 Å². The summed E-state index contributed by atoms with van der Waals surface area (Å²) in [6.45, 7) is 2.15. The lowest BCUT2D eigenvalue weighted by Gasteiger charge is -2.25. The Morgan fingerprint density at radius 1 is 1.31 bits per heavy atom. The van der Waals surface area contributed by atoms with Crippen molar-refractivity contribution >= 4 is 11.8 Å². The largest absolute Gasteiger partial charge is 0.387 e. The van der Waals surface area contributed by atoms with Crippen LogP contribution in [0.1, 0.15) is 42.4 Å². The summed E-state index contributed by atoms with van der Waals surface area (Å²) in [5, 5.41) is 33.4. The Bertz CT molecular complexity index is 1040. The molecule has 1 unspecified atom stereocenters. The molecule has 196 valence electrons. The molecule has 7 atom stereocenters. The first-order valence-electron chi connectivity index (χ1n) is 12.5. The molecule has 12 heteroatoms. The fraction of sp³-hybridized carbons (Fsp3) is 0.583. The predicted octanol–water partition coefficient (Wildman–Crippen LogP) is -0.391. The van der Waals surface area contributed by atoms with Gasteiger partial charge < -0.3 is 41.5 Å². The number of nitrogens with one attached hydrogen (secondary N) is 4. The van der Waals surface area contributed by atoms with Crippen molar-refractivity contribution in [1.82, 2.24) is 30.4 Å². The van der Waals surface area contributed by atoms with Crippen LogP contribution in [-0.2, 0) is 4.74 Å². The monoisotopic (exact) mass is 500 g/mol. The third kappa shape index (κ3) is 5.33. The van der Waals surface area contributed by atoms with E-state index in [1.54, 1.807) is 10.9 Å². The van der Waals surface area contributed by atoms with E-state index in [9.17, 15) is 15.0 Å². The SMILES string of the molecule is CN(CCCNC(=O)N[C@H]1C[C@H]1c1ccccc1)C[C@H]1O[C@@H](n2cnc3c2NCNC3N)[C@H](O)[C@@H]1O. The third-order valence-corrected chi connectivity index (χ3v) is 7.13. The highest BCUT2D eigenvalue weighted by molar-refractivity contribution is 5.74. The van der Waals surface area contributed by atoms with Crippen LogP contribution in [-0.4, -0.2) is 88.4 Å². The Morgan fingerprint density at radius 3 is 2.92 bits per heavy atom. The van der Waals surface area contributed by atoms with Crippen LogP contribution in [0.5, 0.6) is 0 Å². The molecule has 2 aliphatic heterocycles. The molecule has 0 bridgehead atoms. The standard InChI is InChI=1S/C24H36N8O4/c1-31(9-5-8-26-24(35)30-16-10-15(16)14-6-3-2-4-7-14)11-17-19(33)20(34)23(36-17)32-13-29-18-21(25)27-12-28-22(18)32/h2-4,6-7,13,15-17,19-21,23,27-28,33-34H,5,8-12,25H2,1H3,(H2,26,30,35)/t15-,16-,17+,19+,20+,21?,23+/m0/s1. The van der Waals surface area contributed by atoms with Crippen LogP contribution in [0.4, 0.5) is 10.6 Å². The number of amides is 2. The van der Waals surface area contributed by atoms with Crippen molar-refractivity contribution in [2.24, 2.45) is 5.73 Å². The van der Waals surface area contributed by atoms with E-state index in [1.807, 2.05) is 30.1 Å². The summed E-state index contributed by atoms with van der Waals surface area (Å²) in [4.78, 5) is 18.6.